The lowest BCUT2D eigenvalue weighted by Crippen LogP contribution is -2.18. The number of nitrogens with two attached hydrogens (primary N) is 1. The molecule has 2 N–H and O–H groups in total. The number of fused-ring (bicyclic) bond motifs is 1. The highest BCUT2D eigenvalue weighted by molar-refractivity contribution is 7.80. The molecule has 2 rings (SSSR count). The summed E-state index contributed by atoms with van der Waals surface area (Å²) in [5.74, 6) is 0. The largest absolute Gasteiger partial charge is 0.389 e. The number of hydrogen-bond acceptors (Lipinski definition) is 3. The second-order valence-electron chi connectivity index (χ2n) is 2.85. The Morgan fingerprint density at radius 2 is 2.07 bits per heavy atom. The van der Waals surface area contributed by atoms with Crippen molar-refractivity contribution in [3.63, 3.8) is 0 Å². The van der Waals surface area contributed by atoms with Gasteiger partial charge in [0, 0.05) is 4.70 Å². The first-order chi connectivity index (χ1) is 6.68. The molecular weight excluding hydrogens is 214 g/mol. The normalized spacial score (nSPS) is 10.3. The van der Waals surface area contributed by atoms with Gasteiger partial charge in [-0.2, -0.15) is 0 Å². The van der Waals surface area contributed by atoms with E-state index in [0.29, 0.717) is 5.56 Å². The highest BCUT2D eigenvalue weighted by atomic mass is 32.1. The van der Waals surface area contributed by atoms with Gasteiger partial charge >= 0.3 is 0 Å². The van der Waals surface area contributed by atoms with Crippen LogP contribution >= 0.6 is 23.6 Å². The molecule has 4 heteroatoms. The molecule has 0 amide bonds. The molecule has 1 aromatic heterocycles. The summed E-state index contributed by atoms with van der Waals surface area (Å²) in [6.07, 6.45) is 0. The second kappa shape index (κ2) is 3.48. The molecule has 1 heterocycles. The van der Waals surface area contributed by atoms with Crippen LogP contribution in [0, 0.1) is 0 Å². The maximum atomic E-state index is 11.5. The Bertz CT molecular complexity index is 559. The zero-order valence-electron chi connectivity index (χ0n) is 7.19. The minimum absolute atomic E-state index is 0.0730. The lowest BCUT2D eigenvalue weighted by molar-refractivity contribution is 1.66. The van der Waals surface area contributed by atoms with Gasteiger partial charge in [-0.25, -0.2) is 0 Å². The number of thiocarbonyl (C=S) groups is 1. The Hall–Kier alpha value is -1.26. The van der Waals surface area contributed by atoms with E-state index in [1.54, 1.807) is 6.07 Å². The van der Waals surface area contributed by atoms with Crippen LogP contribution in [0.3, 0.4) is 0 Å². The first kappa shape index (κ1) is 9.30. The van der Waals surface area contributed by atoms with Gasteiger partial charge in [0.25, 0.3) is 0 Å². The zero-order valence-corrected chi connectivity index (χ0v) is 8.82. The van der Waals surface area contributed by atoms with Crippen molar-refractivity contribution in [2.45, 2.75) is 0 Å². The third-order valence-electron chi connectivity index (χ3n) is 1.91. The van der Waals surface area contributed by atoms with Crippen molar-refractivity contribution in [2.24, 2.45) is 5.73 Å². The number of rotatable bonds is 1. The van der Waals surface area contributed by atoms with Crippen molar-refractivity contribution < 1.29 is 0 Å². The fourth-order valence-electron chi connectivity index (χ4n) is 1.23. The highest BCUT2D eigenvalue weighted by Gasteiger charge is 2.04. The Morgan fingerprint density at radius 1 is 1.36 bits per heavy atom. The summed E-state index contributed by atoms with van der Waals surface area (Å²) in [6, 6.07) is 9.41. The monoisotopic (exact) mass is 221 g/mol. The van der Waals surface area contributed by atoms with Gasteiger partial charge in [0.15, 0.2) is 0 Å². The number of benzene rings is 1. The van der Waals surface area contributed by atoms with Crippen LogP contribution in [0.1, 0.15) is 5.56 Å². The van der Waals surface area contributed by atoms with Crippen LogP contribution in [0.4, 0.5) is 0 Å². The molecule has 2 aromatic rings. The summed E-state index contributed by atoms with van der Waals surface area (Å²) >= 11 is 5.97. The van der Waals surface area contributed by atoms with E-state index < -0.39 is 0 Å². The van der Waals surface area contributed by atoms with Crippen LogP contribution in [0.2, 0.25) is 0 Å². The van der Waals surface area contributed by atoms with Gasteiger partial charge in [-0.05, 0) is 17.5 Å². The topological polar surface area (TPSA) is 43.1 Å². The summed E-state index contributed by atoms with van der Waals surface area (Å²) in [5.41, 5.74) is 5.88. The van der Waals surface area contributed by atoms with E-state index in [1.165, 1.54) is 11.3 Å². The standard InChI is InChI=1S/C10H7NOS2/c11-9(13)7-5-6-3-1-2-4-8(6)14-10(7)12/h1-5H,(H2,11,13). The van der Waals surface area contributed by atoms with Gasteiger partial charge in [-0.3, -0.25) is 4.79 Å². The Kier molecular flexibility index (Phi) is 2.31. The van der Waals surface area contributed by atoms with Crippen molar-refractivity contribution in [1.82, 2.24) is 0 Å². The van der Waals surface area contributed by atoms with Crippen molar-refractivity contribution in [3.8, 4) is 0 Å². The molecule has 0 aliphatic carbocycles. The average molecular weight is 221 g/mol. The molecule has 2 nitrogen and oxygen atoms in total. The van der Waals surface area contributed by atoms with E-state index in [0.717, 1.165) is 10.1 Å². The quantitative estimate of drug-likeness (QED) is 0.748. The Balaban J connectivity index is 2.84. The minimum Gasteiger partial charge on any atom is -0.389 e. The van der Waals surface area contributed by atoms with Crippen molar-refractivity contribution in [3.05, 3.63) is 45.4 Å². The molecule has 14 heavy (non-hydrogen) atoms. The Labute approximate surface area is 90.0 Å². The van der Waals surface area contributed by atoms with Crippen LogP contribution in [0.5, 0.6) is 0 Å². The van der Waals surface area contributed by atoms with Crippen LogP contribution in [-0.2, 0) is 0 Å². The molecule has 0 atom stereocenters. The molecule has 1 aromatic carbocycles. The van der Waals surface area contributed by atoms with Crippen LogP contribution in [0.15, 0.2) is 35.1 Å². The summed E-state index contributed by atoms with van der Waals surface area (Å²) in [4.78, 5) is 11.7. The fourth-order valence-corrected chi connectivity index (χ4v) is 2.32. The summed E-state index contributed by atoms with van der Waals surface area (Å²) in [7, 11) is 0. The molecule has 70 valence electrons. The van der Waals surface area contributed by atoms with Crippen molar-refractivity contribution in [2.75, 3.05) is 0 Å². The van der Waals surface area contributed by atoms with E-state index in [9.17, 15) is 4.79 Å². The zero-order chi connectivity index (χ0) is 10.1. The summed E-state index contributed by atoms with van der Waals surface area (Å²) in [6.45, 7) is 0. The highest BCUT2D eigenvalue weighted by Crippen LogP contribution is 2.16. The van der Waals surface area contributed by atoms with E-state index in [1.807, 2.05) is 24.3 Å². The third-order valence-corrected chi connectivity index (χ3v) is 3.12. The average Bonchev–Trinajstić information content (AvgIpc) is 2.16. The van der Waals surface area contributed by atoms with E-state index in [2.05, 4.69) is 0 Å². The third kappa shape index (κ3) is 1.54. The Morgan fingerprint density at radius 3 is 2.79 bits per heavy atom. The fraction of sp³-hybridized carbons (Fsp3) is 0. The van der Waals surface area contributed by atoms with E-state index in [4.69, 9.17) is 18.0 Å². The van der Waals surface area contributed by atoms with Gasteiger partial charge < -0.3 is 5.73 Å². The summed E-state index contributed by atoms with van der Waals surface area (Å²) < 4.78 is 0.883. The first-order valence-electron chi connectivity index (χ1n) is 4.01. The van der Waals surface area contributed by atoms with E-state index >= 15 is 0 Å². The molecule has 0 saturated carbocycles. The van der Waals surface area contributed by atoms with Gasteiger partial charge in [0.1, 0.15) is 4.99 Å². The van der Waals surface area contributed by atoms with Gasteiger partial charge in [-0.1, -0.05) is 41.8 Å². The lowest BCUT2D eigenvalue weighted by Gasteiger charge is -1.98. The molecule has 0 aliphatic rings. The maximum Gasteiger partial charge on any atom is 0.243 e. The van der Waals surface area contributed by atoms with Crippen LogP contribution < -0.4 is 10.5 Å². The molecule has 0 aliphatic heterocycles. The van der Waals surface area contributed by atoms with Crippen molar-refractivity contribution in [1.29, 1.82) is 0 Å². The van der Waals surface area contributed by atoms with Crippen LogP contribution in [0.25, 0.3) is 10.1 Å². The van der Waals surface area contributed by atoms with Crippen molar-refractivity contribution >= 4 is 38.6 Å². The smallest absolute Gasteiger partial charge is 0.243 e. The predicted molar refractivity (Wildman–Crippen MR) is 64.0 cm³/mol. The van der Waals surface area contributed by atoms with E-state index in [-0.39, 0.29) is 9.73 Å². The minimum atomic E-state index is -0.0730. The van der Waals surface area contributed by atoms with Gasteiger partial charge in [0.2, 0.25) is 4.74 Å². The van der Waals surface area contributed by atoms with Crippen LogP contribution in [-0.4, -0.2) is 4.99 Å². The molecule has 0 saturated heterocycles. The summed E-state index contributed by atoms with van der Waals surface area (Å²) in [5, 5.41) is 1.000. The molecule has 0 radical (unpaired) electrons. The molecule has 0 unspecified atom stereocenters. The van der Waals surface area contributed by atoms with Gasteiger partial charge in [-0.15, -0.1) is 0 Å². The molecule has 0 fully saturated rings. The lowest BCUT2D eigenvalue weighted by atomic mass is 10.2. The molecule has 0 spiro atoms. The first-order valence-corrected chi connectivity index (χ1v) is 5.23. The predicted octanol–water partition coefficient (Wildman–Crippen LogP) is 1.90. The second-order valence-corrected chi connectivity index (χ2v) is 4.30. The number of hydrogen-bond donors (Lipinski definition) is 1. The SMILES string of the molecule is NC(=S)c1cc2ccccc2sc1=O. The molecule has 0 bridgehead atoms. The molecular formula is C10H7NOS2. The van der Waals surface area contributed by atoms with Gasteiger partial charge in [0.05, 0.1) is 5.56 Å². The maximum absolute atomic E-state index is 11.5.